The van der Waals surface area contributed by atoms with E-state index in [0.29, 0.717) is 5.92 Å². The van der Waals surface area contributed by atoms with Crippen LogP contribution in [-0.2, 0) is 7.05 Å². The Morgan fingerprint density at radius 2 is 2.06 bits per heavy atom. The van der Waals surface area contributed by atoms with Gasteiger partial charge in [0, 0.05) is 25.6 Å². The van der Waals surface area contributed by atoms with Gasteiger partial charge in [-0.3, -0.25) is 9.48 Å². The largest absolute Gasteiger partial charge is 0.337 e. The van der Waals surface area contributed by atoms with Gasteiger partial charge in [0.1, 0.15) is 0 Å². The molecule has 4 heteroatoms. The van der Waals surface area contributed by atoms with Gasteiger partial charge in [-0.05, 0) is 33.6 Å². The second-order valence-corrected chi connectivity index (χ2v) is 5.88. The number of carbonyl (C=O) groups excluding carboxylic acids is 1. The molecule has 0 N–H and O–H groups in total. The van der Waals surface area contributed by atoms with Gasteiger partial charge in [0.15, 0.2) is 0 Å². The Hall–Kier alpha value is -1.32. The molecule has 1 fully saturated rings. The van der Waals surface area contributed by atoms with Gasteiger partial charge in [-0.2, -0.15) is 5.10 Å². The Morgan fingerprint density at radius 1 is 1.47 bits per heavy atom. The molecule has 1 aromatic rings. The van der Waals surface area contributed by atoms with Crippen LogP contribution in [0.3, 0.4) is 0 Å². The van der Waals surface area contributed by atoms with E-state index in [2.05, 4.69) is 5.10 Å². The molecular formula is C13H21N3O. The SMILES string of the molecule is CN(C(=O)c1cnn(C)c1C1CC1)C(C)(C)C. The number of aryl methyl sites for hydroxylation is 1. The predicted molar refractivity (Wildman–Crippen MR) is 67.0 cm³/mol. The minimum Gasteiger partial charge on any atom is -0.337 e. The number of hydrogen-bond acceptors (Lipinski definition) is 2. The molecule has 4 nitrogen and oxygen atoms in total. The monoisotopic (exact) mass is 235 g/mol. The molecule has 0 aromatic carbocycles. The number of carbonyl (C=O) groups is 1. The molecule has 1 aromatic heterocycles. The van der Waals surface area contributed by atoms with Crippen LogP contribution in [0.25, 0.3) is 0 Å². The zero-order chi connectivity index (χ0) is 12.8. The molecule has 17 heavy (non-hydrogen) atoms. The first kappa shape index (κ1) is 12.1. The number of hydrogen-bond donors (Lipinski definition) is 0. The maximum atomic E-state index is 12.4. The van der Waals surface area contributed by atoms with Crippen molar-refractivity contribution in [2.75, 3.05) is 7.05 Å². The highest BCUT2D eigenvalue weighted by Gasteiger charge is 2.34. The van der Waals surface area contributed by atoms with E-state index in [9.17, 15) is 4.79 Å². The Labute approximate surface area is 103 Å². The molecule has 2 rings (SSSR count). The lowest BCUT2D eigenvalue weighted by atomic mass is 10.0. The van der Waals surface area contributed by atoms with Crippen LogP contribution in [-0.4, -0.2) is 33.2 Å². The predicted octanol–water partition coefficient (Wildman–Crippen LogP) is 2.17. The Kier molecular flexibility index (Phi) is 2.76. The van der Waals surface area contributed by atoms with E-state index in [1.54, 1.807) is 11.1 Å². The molecule has 0 unspecified atom stereocenters. The Bertz CT molecular complexity index is 438. The summed E-state index contributed by atoms with van der Waals surface area (Å²) >= 11 is 0. The maximum Gasteiger partial charge on any atom is 0.257 e. The Morgan fingerprint density at radius 3 is 2.53 bits per heavy atom. The van der Waals surface area contributed by atoms with Crippen LogP contribution >= 0.6 is 0 Å². The van der Waals surface area contributed by atoms with Crippen LogP contribution in [0, 0.1) is 0 Å². The second-order valence-electron chi connectivity index (χ2n) is 5.88. The van der Waals surface area contributed by atoms with Crippen molar-refractivity contribution in [2.45, 2.75) is 45.1 Å². The summed E-state index contributed by atoms with van der Waals surface area (Å²) in [5.74, 6) is 0.613. The number of nitrogens with zero attached hydrogens (tertiary/aromatic N) is 3. The van der Waals surface area contributed by atoms with Crippen molar-refractivity contribution in [1.82, 2.24) is 14.7 Å². The standard InChI is InChI=1S/C13H21N3O/c1-13(2,3)15(4)12(17)10-8-14-16(5)11(10)9-6-7-9/h8-9H,6-7H2,1-5H3. The summed E-state index contributed by atoms with van der Waals surface area (Å²) in [6.07, 6.45) is 4.07. The van der Waals surface area contributed by atoms with Crippen molar-refractivity contribution in [2.24, 2.45) is 7.05 Å². The summed E-state index contributed by atoms with van der Waals surface area (Å²) in [4.78, 5) is 14.2. The zero-order valence-electron chi connectivity index (χ0n) is 11.3. The molecular weight excluding hydrogens is 214 g/mol. The summed E-state index contributed by atoms with van der Waals surface area (Å²) in [5, 5.41) is 4.23. The fraction of sp³-hybridized carbons (Fsp3) is 0.692. The van der Waals surface area contributed by atoms with Gasteiger partial charge in [0.05, 0.1) is 17.5 Å². The zero-order valence-corrected chi connectivity index (χ0v) is 11.3. The normalized spacial score (nSPS) is 16.1. The third-order valence-corrected chi connectivity index (χ3v) is 3.49. The molecule has 0 radical (unpaired) electrons. The van der Waals surface area contributed by atoms with Gasteiger partial charge < -0.3 is 4.90 Å². The van der Waals surface area contributed by atoms with Crippen molar-refractivity contribution < 1.29 is 4.79 Å². The third kappa shape index (κ3) is 2.21. The smallest absolute Gasteiger partial charge is 0.257 e. The molecule has 1 heterocycles. The van der Waals surface area contributed by atoms with Crippen LogP contribution in [0.2, 0.25) is 0 Å². The minimum absolute atomic E-state index is 0.0764. The molecule has 0 spiro atoms. The van der Waals surface area contributed by atoms with Crippen molar-refractivity contribution in [1.29, 1.82) is 0 Å². The summed E-state index contributed by atoms with van der Waals surface area (Å²) in [5.41, 5.74) is 1.71. The first-order valence-electron chi connectivity index (χ1n) is 6.12. The number of aromatic nitrogens is 2. The second kappa shape index (κ2) is 3.86. The molecule has 0 aliphatic heterocycles. The minimum atomic E-state index is -0.159. The van der Waals surface area contributed by atoms with E-state index in [0.717, 1.165) is 11.3 Å². The van der Waals surface area contributed by atoms with Crippen molar-refractivity contribution in [3.8, 4) is 0 Å². The van der Waals surface area contributed by atoms with E-state index < -0.39 is 0 Å². The van der Waals surface area contributed by atoms with Crippen LogP contribution < -0.4 is 0 Å². The molecule has 1 aliphatic rings. The van der Waals surface area contributed by atoms with E-state index in [-0.39, 0.29) is 11.4 Å². The third-order valence-electron chi connectivity index (χ3n) is 3.49. The van der Waals surface area contributed by atoms with Crippen molar-refractivity contribution >= 4 is 5.91 Å². The van der Waals surface area contributed by atoms with Crippen molar-refractivity contribution in [3.05, 3.63) is 17.5 Å². The quantitative estimate of drug-likeness (QED) is 0.788. The number of amides is 1. The number of rotatable bonds is 2. The lowest BCUT2D eigenvalue weighted by Gasteiger charge is -2.32. The summed E-state index contributed by atoms with van der Waals surface area (Å²) in [7, 11) is 3.77. The molecule has 0 bridgehead atoms. The average molecular weight is 235 g/mol. The van der Waals surface area contributed by atoms with Crippen LogP contribution in [0.15, 0.2) is 6.20 Å². The van der Waals surface area contributed by atoms with Crippen LogP contribution in [0.4, 0.5) is 0 Å². The van der Waals surface area contributed by atoms with Gasteiger partial charge in [0.25, 0.3) is 5.91 Å². The van der Waals surface area contributed by atoms with Gasteiger partial charge >= 0.3 is 0 Å². The van der Waals surface area contributed by atoms with Gasteiger partial charge in [0.2, 0.25) is 0 Å². The van der Waals surface area contributed by atoms with E-state index >= 15 is 0 Å². The first-order valence-corrected chi connectivity index (χ1v) is 6.12. The molecule has 1 saturated carbocycles. The summed E-state index contributed by atoms with van der Waals surface area (Å²) < 4.78 is 1.85. The van der Waals surface area contributed by atoms with E-state index in [1.165, 1.54) is 12.8 Å². The highest BCUT2D eigenvalue weighted by Crippen LogP contribution is 2.41. The highest BCUT2D eigenvalue weighted by atomic mass is 16.2. The van der Waals surface area contributed by atoms with Gasteiger partial charge in [-0.1, -0.05) is 0 Å². The lowest BCUT2D eigenvalue weighted by Crippen LogP contribution is -2.42. The highest BCUT2D eigenvalue weighted by molar-refractivity contribution is 5.95. The molecule has 1 amide bonds. The molecule has 94 valence electrons. The van der Waals surface area contributed by atoms with E-state index in [4.69, 9.17) is 0 Å². The summed E-state index contributed by atoms with van der Waals surface area (Å²) in [6, 6.07) is 0. The van der Waals surface area contributed by atoms with Gasteiger partial charge in [-0.15, -0.1) is 0 Å². The van der Waals surface area contributed by atoms with E-state index in [1.807, 2.05) is 39.5 Å². The van der Waals surface area contributed by atoms with Gasteiger partial charge in [-0.25, -0.2) is 0 Å². The summed E-state index contributed by atoms with van der Waals surface area (Å²) in [6.45, 7) is 6.12. The molecule has 0 saturated heterocycles. The fourth-order valence-corrected chi connectivity index (χ4v) is 1.94. The molecule has 1 aliphatic carbocycles. The van der Waals surface area contributed by atoms with Crippen LogP contribution in [0.5, 0.6) is 0 Å². The maximum absolute atomic E-state index is 12.4. The first-order chi connectivity index (χ1) is 7.82. The lowest BCUT2D eigenvalue weighted by molar-refractivity contribution is 0.0654. The average Bonchev–Trinajstić information content (AvgIpc) is 2.99. The topological polar surface area (TPSA) is 38.1 Å². The Balaban J connectivity index is 2.31. The van der Waals surface area contributed by atoms with Crippen molar-refractivity contribution in [3.63, 3.8) is 0 Å². The molecule has 0 atom stereocenters. The van der Waals surface area contributed by atoms with Crippen LogP contribution in [0.1, 0.15) is 55.6 Å². The fourth-order valence-electron chi connectivity index (χ4n) is 1.94.